The van der Waals surface area contributed by atoms with Gasteiger partial charge in [0.05, 0.1) is 17.7 Å². The van der Waals surface area contributed by atoms with E-state index < -0.39 is 28.2 Å². The van der Waals surface area contributed by atoms with E-state index in [0.717, 1.165) is 18.2 Å². The Labute approximate surface area is 194 Å². The summed E-state index contributed by atoms with van der Waals surface area (Å²) in [5, 5.41) is 18.4. The number of nitro benzene ring substituents is 1. The molecule has 34 heavy (non-hydrogen) atoms. The van der Waals surface area contributed by atoms with Gasteiger partial charge in [0.2, 0.25) is 5.82 Å². The molecule has 0 unspecified atom stereocenters. The van der Waals surface area contributed by atoms with Crippen LogP contribution >= 0.6 is 0 Å². The number of anilines is 2. The molecule has 0 saturated carbocycles. The fourth-order valence-corrected chi connectivity index (χ4v) is 3.52. The van der Waals surface area contributed by atoms with E-state index >= 15 is 0 Å². The number of methoxy groups -OCH3 is 1. The molecule has 11 nitrogen and oxygen atoms in total. The third-order valence-electron chi connectivity index (χ3n) is 5.41. The number of amides is 4. The van der Waals surface area contributed by atoms with Crippen molar-refractivity contribution in [1.29, 1.82) is 0 Å². The summed E-state index contributed by atoms with van der Waals surface area (Å²) in [7, 11) is 1.52. The Morgan fingerprint density at radius 2 is 1.82 bits per heavy atom. The number of nitrogens with one attached hydrogen (secondary N) is 3. The van der Waals surface area contributed by atoms with Crippen LogP contribution in [0.15, 0.2) is 42.5 Å². The Balaban J connectivity index is 1.43. The Morgan fingerprint density at radius 3 is 2.50 bits per heavy atom. The highest BCUT2D eigenvalue weighted by Crippen LogP contribution is 2.25. The normalized spacial score (nSPS) is 13.6. The highest BCUT2D eigenvalue weighted by molar-refractivity contribution is 6.39. The van der Waals surface area contributed by atoms with Gasteiger partial charge in [-0.3, -0.25) is 19.7 Å². The van der Waals surface area contributed by atoms with E-state index in [9.17, 15) is 28.9 Å². The quantitative estimate of drug-likeness (QED) is 0.334. The standard InChI is InChI=1S/C22H24FN5O6/c1-34-19-5-3-2-4-17(19)26-22(31)27-10-8-14(9-11-27)13-24-20(29)21(30)25-15-6-7-16(23)18(12-15)28(32)33/h2-7,12,14H,8-11,13H2,1H3,(H,24,29)(H,25,30)(H,26,31). The first-order valence-corrected chi connectivity index (χ1v) is 10.5. The zero-order valence-corrected chi connectivity index (χ0v) is 18.4. The number of likely N-dealkylation sites (tertiary alicyclic amines) is 1. The summed E-state index contributed by atoms with van der Waals surface area (Å²) in [4.78, 5) is 48.2. The molecule has 1 heterocycles. The molecule has 0 aliphatic carbocycles. The molecule has 1 aliphatic rings. The molecule has 3 rings (SSSR count). The van der Waals surface area contributed by atoms with Gasteiger partial charge in [0.25, 0.3) is 0 Å². The second kappa shape index (κ2) is 11.1. The first kappa shape index (κ1) is 24.4. The van der Waals surface area contributed by atoms with E-state index in [0.29, 0.717) is 37.4 Å². The number of carbonyl (C=O) groups excluding carboxylic acids is 3. The van der Waals surface area contributed by atoms with Gasteiger partial charge >= 0.3 is 23.5 Å². The topological polar surface area (TPSA) is 143 Å². The number of benzene rings is 2. The Hall–Kier alpha value is -4.22. The average molecular weight is 473 g/mol. The summed E-state index contributed by atoms with van der Waals surface area (Å²) < 4.78 is 18.6. The summed E-state index contributed by atoms with van der Waals surface area (Å²) in [5.41, 5.74) is -0.302. The number of ether oxygens (including phenoxy) is 1. The number of piperidine rings is 1. The third kappa shape index (κ3) is 6.18. The van der Waals surface area contributed by atoms with Crippen LogP contribution in [0.5, 0.6) is 5.75 Å². The number of nitro groups is 1. The molecule has 1 fully saturated rings. The highest BCUT2D eigenvalue weighted by Gasteiger charge is 2.25. The van der Waals surface area contributed by atoms with Crippen molar-refractivity contribution in [3.63, 3.8) is 0 Å². The number of nitrogens with zero attached hydrogens (tertiary/aromatic N) is 2. The van der Waals surface area contributed by atoms with Gasteiger partial charge < -0.3 is 25.6 Å². The van der Waals surface area contributed by atoms with Crippen LogP contribution in [-0.4, -0.2) is 54.4 Å². The molecule has 0 bridgehead atoms. The smallest absolute Gasteiger partial charge is 0.321 e. The van der Waals surface area contributed by atoms with Crippen molar-refractivity contribution in [3.8, 4) is 5.75 Å². The van der Waals surface area contributed by atoms with E-state index in [4.69, 9.17) is 4.74 Å². The zero-order chi connectivity index (χ0) is 24.7. The number of urea groups is 1. The highest BCUT2D eigenvalue weighted by atomic mass is 19.1. The molecule has 180 valence electrons. The molecule has 1 saturated heterocycles. The van der Waals surface area contributed by atoms with Crippen LogP contribution < -0.4 is 20.7 Å². The van der Waals surface area contributed by atoms with E-state index in [1.807, 2.05) is 0 Å². The number of halogens is 1. The van der Waals surface area contributed by atoms with E-state index in [-0.39, 0.29) is 24.2 Å². The fraction of sp³-hybridized carbons (Fsp3) is 0.318. The van der Waals surface area contributed by atoms with Crippen LogP contribution in [0.4, 0.5) is 26.2 Å². The third-order valence-corrected chi connectivity index (χ3v) is 5.41. The van der Waals surface area contributed by atoms with Crippen LogP contribution in [0.1, 0.15) is 12.8 Å². The van der Waals surface area contributed by atoms with Crippen molar-refractivity contribution in [2.24, 2.45) is 5.92 Å². The van der Waals surface area contributed by atoms with Crippen molar-refractivity contribution < 1.29 is 28.4 Å². The molecule has 4 amide bonds. The molecule has 0 radical (unpaired) electrons. The predicted molar refractivity (Wildman–Crippen MR) is 121 cm³/mol. The van der Waals surface area contributed by atoms with Gasteiger partial charge in [-0.05, 0) is 43.0 Å². The average Bonchev–Trinajstić information content (AvgIpc) is 2.84. The molecule has 3 N–H and O–H groups in total. The van der Waals surface area contributed by atoms with Gasteiger partial charge in [-0.25, -0.2) is 4.79 Å². The molecule has 2 aromatic carbocycles. The van der Waals surface area contributed by atoms with Gasteiger partial charge in [-0.1, -0.05) is 12.1 Å². The minimum Gasteiger partial charge on any atom is -0.495 e. The van der Waals surface area contributed by atoms with Crippen LogP contribution in [0.3, 0.4) is 0 Å². The van der Waals surface area contributed by atoms with Crippen molar-refractivity contribution >= 4 is 34.9 Å². The number of hydrogen-bond donors (Lipinski definition) is 3. The minimum atomic E-state index is -1.05. The van der Waals surface area contributed by atoms with Crippen LogP contribution in [0, 0.1) is 21.8 Å². The van der Waals surface area contributed by atoms with E-state index in [1.54, 1.807) is 29.2 Å². The van der Waals surface area contributed by atoms with Crippen molar-refractivity contribution in [3.05, 3.63) is 58.4 Å². The minimum absolute atomic E-state index is 0.0670. The lowest BCUT2D eigenvalue weighted by molar-refractivity contribution is -0.387. The molecular formula is C22H24FN5O6. The van der Waals surface area contributed by atoms with Crippen molar-refractivity contribution in [2.45, 2.75) is 12.8 Å². The number of carbonyl (C=O) groups is 3. The van der Waals surface area contributed by atoms with Gasteiger partial charge in [-0.15, -0.1) is 0 Å². The summed E-state index contributed by atoms with van der Waals surface area (Å²) >= 11 is 0. The molecular weight excluding hydrogens is 449 g/mol. The Morgan fingerprint density at radius 1 is 1.12 bits per heavy atom. The van der Waals surface area contributed by atoms with Crippen LogP contribution in [0.25, 0.3) is 0 Å². The predicted octanol–water partition coefficient (Wildman–Crippen LogP) is 2.74. The maximum atomic E-state index is 13.4. The molecule has 1 aliphatic heterocycles. The van der Waals surface area contributed by atoms with Crippen molar-refractivity contribution in [2.75, 3.05) is 37.4 Å². The molecule has 0 aromatic heterocycles. The molecule has 2 aromatic rings. The first-order chi connectivity index (χ1) is 16.3. The molecule has 0 atom stereocenters. The Bertz CT molecular complexity index is 1090. The van der Waals surface area contributed by atoms with Gasteiger partial charge in [-0.2, -0.15) is 4.39 Å². The molecule has 12 heteroatoms. The SMILES string of the molecule is COc1ccccc1NC(=O)N1CCC(CNC(=O)C(=O)Nc2ccc(F)c([N+](=O)[O-])c2)CC1. The molecule has 0 spiro atoms. The number of rotatable bonds is 6. The largest absolute Gasteiger partial charge is 0.495 e. The van der Waals surface area contributed by atoms with Gasteiger partial charge in [0, 0.05) is 31.4 Å². The Kier molecular flexibility index (Phi) is 7.96. The van der Waals surface area contributed by atoms with Gasteiger partial charge in [0.1, 0.15) is 5.75 Å². The fourth-order valence-electron chi connectivity index (χ4n) is 3.52. The summed E-state index contributed by atoms with van der Waals surface area (Å²) in [5.74, 6) is -2.35. The lowest BCUT2D eigenvalue weighted by Crippen LogP contribution is -2.44. The van der Waals surface area contributed by atoms with E-state index in [1.165, 1.54) is 7.11 Å². The van der Waals surface area contributed by atoms with Crippen LogP contribution in [-0.2, 0) is 9.59 Å². The zero-order valence-electron chi connectivity index (χ0n) is 18.4. The van der Waals surface area contributed by atoms with E-state index in [2.05, 4.69) is 16.0 Å². The number of hydrogen-bond acceptors (Lipinski definition) is 6. The van der Waals surface area contributed by atoms with Crippen LogP contribution in [0.2, 0.25) is 0 Å². The summed E-state index contributed by atoms with van der Waals surface area (Å²) in [6, 6.07) is 9.64. The number of para-hydroxylation sites is 2. The summed E-state index contributed by atoms with van der Waals surface area (Å²) in [6.07, 6.45) is 1.26. The monoisotopic (exact) mass is 473 g/mol. The second-order valence-corrected chi connectivity index (χ2v) is 7.65. The first-order valence-electron chi connectivity index (χ1n) is 10.5. The second-order valence-electron chi connectivity index (χ2n) is 7.65. The maximum Gasteiger partial charge on any atom is 0.321 e. The summed E-state index contributed by atoms with van der Waals surface area (Å²) in [6.45, 7) is 1.19. The lowest BCUT2D eigenvalue weighted by atomic mass is 9.97. The maximum absolute atomic E-state index is 13.4. The van der Waals surface area contributed by atoms with Gasteiger partial charge in [0.15, 0.2) is 0 Å². The van der Waals surface area contributed by atoms with Crippen molar-refractivity contribution in [1.82, 2.24) is 10.2 Å². The lowest BCUT2D eigenvalue weighted by Gasteiger charge is -2.32.